The van der Waals surface area contributed by atoms with Crippen LogP contribution in [-0.4, -0.2) is 33.5 Å². The van der Waals surface area contributed by atoms with Crippen LogP contribution < -0.4 is 11.1 Å². The zero-order valence-electron chi connectivity index (χ0n) is 16.6. The second-order valence-corrected chi connectivity index (χ2v) is 8.20. The Hall–Kier alpha value is -2.92. The van der Waals surface area contributed by atoms with Gasteiger partial charge in [-0.1, -0.05) is 17.4 Å². The third-order valence-electron chi connectivity index (χ3n) is 5.08. The molecule has 7 nitrogen and oxygen atoms in total. The molecule has 31 heavy (non-hydrogen) atoms. The van der Waals surface area contributed by atoms with Crippen LogP contribution in [0.5, 0.6) is 0 Å². The lowest BCUT2D eigenvalue weighted by Gasteiger charge is -2.17. The Bertz CT molecular complexity index is 1100. The third kappa shape index (κ3) is 4.28. The molecule has 4 rings (SSSR count). The smallest absolute Gasteiger partial charge is 0.277 e. The van der Waals surface area contributed by atoms with E-state index in [9.17, 15) is 18.0 Å². The quantitative estimate of drug-likeness (QED) is 0.619. The van der Waals surface area contributed by atoms with Gasteiger partial charge in [-0.05, 0) is 25.0 Å². The number of amides is 1. The number of carbonyl (C=O) groups is 1. The number of nitrogens with one attached hydrogen (secondary N) is 1. The van der Waals surface area contributed by atoms with Crippen molar-refractivity contribution < 1.29 is 22.7 Å². The highest BCUT2D eigenvalue weighted by Crippen LogP contribution is 2.35. The van der Waals surface area contributed by atoms with Gasteiger partial charge < -0.3 is 15.8 Å². The van der Waals surface area contributed by atoms with Crippen LogP contribution in [0.1, 0.15) is 41.5 Å². The van der Waals surface area contributed by atoms with E-state index in [2.05, 4.69) is 15.4 Å². The summed E-state index contributed by atoms with van der Waals surface area (Å²) in [6, 6.07) is 3.45. The van der Waals surface area contributed by atoms with Crippen molar-refractivity contribution in [2.75, 3.05) is 17.7 Å². The van der Waals surface area contributed by atoms with Crippen LogP contribution in [0.2, 0.25) is 0 Å². The summed E-state index contributed by atoms with van der Waals surface area (Å²) in [4.78, 5) is 16.9. The SMILES string of the molecule is Cn1ncc(NC(=O)c2nc(-c3c(F)cccc3F)sc2N)c1C1CCC(F)CCO1. The van der Waals surface area contributed by atoms with Gasteiger partial charge >= 0.3 is 0 Å². The molecule has 0 saturated carbocycles. The summed E-state index contributed by atoms with van der Waals surface area (Å²) >= 11 is 0.814. The van der Waals surface area contributed by atoms with Gasteiger partial charge in [0, 0.05) is 13.5 Å². The summed E-state index contributed by atoms with van der Waals surface area (Å²) in [5.41, 5.74) is 6.40. The van der Waals surface area contributed by atoms with Gasteiger partial charge in [0.15, 0.2) is 5.69 Å². The minimum atomic E-state index is -0.928. The van der Waals surface area contributed by atoms with Crippen LogP contribution in [0.15, 0.2) is 24.4 Å². The van der Waals surface area contributed by atoms with Gasteiger partial charge in [-0.2, -0.15) is 5.10 Å². The van der Waals surface area contributed by atoms with E-state index in [1.54, 1.807) is 11.7 Å². The fourth-order valence-electron chi connectivity index (χ4n) is 3.52. The van der Waals surface area contributed by atoms with E-state index in [4.69, 9.17) is 10.5 Å². The number of rotatable bonds is 4. The molecule has 3 aromatic rings. The normalized spacial score (nSPS) is 19.2. The lowest BCUT2D eigenvalue weighted by atomic mass is 10.1. The molecule has 2 unspecified atom stereocenters. The number of hydrogen-bond acceptors (Lipinski definition) is 6. The molecule has 1 saturated heterocycles. The summed E-state index contributed by atoms with van der Waals surface area (Å²) in [5, 5.41) is 6.84. The highest BCUT2D eigenvalue weighted by Gasteiger charge is 2.27. The predicted octanol–water partition coefficient (Wildman–Crippen LogP) is 4.24. The first-order chi connectivity index (χ1) is 14.8. The van der Waals surface area contributed by atoms with Gasteiger partial charge in [-0.15, -0.1) is 0 Å². The van der Waals surface area contributed by atoms with Crippen molar-refractivity contribution in [3.8, 4) is 10.6 Å². The van der Waals surface area contributed by atoms with Crippen molar-refractivity contribution in [1.82, 2.24) is 14.8 Å². The molecule has 2 atom stereocenters. The van der Waals surface area contributed by atoms with E-state index in [0.29, 0.717) is 30.6 Å². The summed E-state index contributed by atoms with van der Waals surface area (Å²) in [6.45, 7) is 0.265. The third-order valence-corrected chi connectivity index (χ3v) is 5.98. The molecule has 0 bridgehead atoms. The average molecular weight is 451 g/mol. The van der Waals surface area contributed by atoms with Gasteiger partial charge in [0.25, 0.3) is 5.91 Å². The van der Waals surface area contributed by atoms with Gasteiger partial charge in [0.05, 0.1) is 29.7 Å². The molecular formula is C20H20F3N5O2S. The number of aryl methyl sites for hydroxylation is 1. The monoisotopic (exact) mass is 451 g/mol. The molecule has 1 aliphatic heterocycles. The van der Waals surface area contributed by atoms with E-state index in [1.807, 2.05) is 0 Å². The Morgan fingerprint density at radius 2 is 2.03 bits per heavy atom. The summed E-state index contributed by atoms with van der Waals surface area (Å²) in [7, 11) is 1.70. The lowest BCUT2D eigenvalue weighted by Crippen LogP contribution is -2.17. The molecule has 11 heteroatoms. The van der Waals surface area contributed by atoms with Crippen molar-refractivity contribution in [2.24, 2.45) is 7.05 Å². The molecule has 1 aromatic carbocycles. The molecule has 0 aliphatic carbocycles. The van der Waals surface area contributed by atoms with Gasteiger partial charge in [0.2, 0.25) is 0 Å². The maximum absolute atomic E-state index is 14.1. The van der Waals surface area contributed by atoms with Crippen molar-refractivity contribution in [1.29, 1.82) is 0 Å². The Morgan fingerprint density at radius 1 is 1.29 bits per heavy atom. The lowest BCUT2D eigenvalue weighted by molar-refractivity contribution is 0.0518. The van der Waals surface area contributed by atoms with E-state index in [0.717, 1.165) is 23.5 Å². The first kappa shape index (κ1) is 21.3. The van der Waals surface area contributed by atoms with Crippen molar-refractivity contribution in [3.05, 3.63) is 47.4 Å². The fraction of sp³-hybridized carbons (Fsp3) is 0.350. The average Bonchev–Trinajstić information content (AvgIpc) is 3.19. The number of anilines is 2. The molecule has 3 N–H and O–H groups in total. The molecule has 2 aromatic heterocycles. The minimum absolute atomic E-state index is 0.0200. The maximum atomic E-state index is 14.1. The Labute approximate surface area is 180 Å². The Balaban J connectivity index is 1.60. The number of nitrogen functional groups attached to an aromatic ring is 1. The number of nitrogens with zero attached hydrogens (tertiary/aromatic N) is 3. The molecule has 164 valence electrons. The maximum Gasteiger partial charge on any atom is 0.277 e. The van der Waals surface area contributed by atoms with Crippen LogP contribution in [-0.2, 0) is 11.8 Å². The second kappa shape index (κ2) is 8.67. The first-order valence-electron chi connectivity index (χ1n) is 9.64. The molecule has 0 spiro atoms. The van der Waals surface area contributed by atoms with E-state index < -0.39 is 29.8 Å². The van der Waals surface area contributed by atoms with Crippen LogP contribution in [0.4, 0.5) is 23.9 Å². The first-order valence-corrected chi connectivity index (χ1v) is 10.5. The van der Waals surface area contributed by atoms with Crippen LogP contribution in [0.3, 0.4) is 0 Å². The number of thiazole rings is 1. The zero-order valence-corrected chi connectivity index (χ0v) is 17.4. The summed E-state index contributed by atoms with van der Waals surface area (Å²) in [6.07, 6.45) is 1.21. The topological polar surface area (TPSA) is 95.1 Å². The van der Waals surface area contributed by atoms with Crippen LogP contribution in [0.25, 0.3) is 10.6 Å². The Kier molecular flexibility index (Phi) is 5.96. The molecule has 1 amide bonds. The standard InChI is InChI=1S/C20H20F3N5O2S/c1-28-17(14-6-5-10(21)7-8-30-14)13(9-25-28)26-19(29)16-18(24)31-20(27-16)15-11(22)3-2-4-12(15)23/h2-4,9-10,14H,5-8,24H2,1H3,(H,26,29). The van der Waals surface area contributed by atoms with E-state index >= 15 is 0 Å². The Morgan fingerprint density at radius 3 is 2.77 bits per heavy atom. The molecule has 3 heterocycles. The summed E-state index contributed by atoms with van der Waals surface area (Å²) in [5.74, 6) is -2.25. The highest BCUT2D eigenvalue weighted by atomic mass is 32.1. The zero-order chi connectivity index (χ0) is 22.1. The van der Waals surface area contributed by atoms with Crippen LogP contribution in [0, 0.1) is 11.6 Å². The number of aromatic nitrogens is 3. The van der Waals surface area contributed by atoms with Crippen LogP contribution >= 0.6 is 11.3 Å². The number of ether oxygens (including phenoxy) is 1. The second-order valence-electron chi connectivity index (χ2n) is 7.17. The van der Waals surface area contributed by atoms with Gasteiger partial charge in [-0.25, -0.2) is 18.2 Å². The largest absolute Gasteiger partial charge is 0.389 e. The summed E-state index contributed by atoms with van der Waals surface area (Å²) < 4.78 is 49.2. The van der Waals surface area contributed by atoms with Crippen molar-refractivity contribution in [3.63, 3.8) is 0 Å². The number of alkyl halides is 1. The molecule has 1 fully saturated rings. The van der Waals surface area contributed by atoms with Gasteiger partial charge in [-0.3, -0.25) is 9.48 Å². The van der Waals surface area contributed by atoms with E-state index in [-0.39, 0.29) is 27.9 Å². The predicted molar refractivity (Wildman–Crippen MR) is 110 cm³/mol. The number of carbonyl (C=O) groups excluding carboxylic acids is 1. The van der Waals surface area contributed by atoms with Crippen molar-refractivity contribution in [2.45, 2.75) is 31.5 Å². The number of hydrogen-bond donors (Lipinski definition) is 2. The molecule has 0 radical (unpaired) electrons. The minimum Gasteiger partial charge on any atom is -0.389 e. The fourth-order valence-corrected chi connectivity index (χ4v) is 4.40. The highest BCUT2D eigenvalue weighted by molar-refractivity contribution is 7.19. The molecular weight excluding hydrogens is 431 g/mol. The van der Waals surface area contributed by atoms with Crippen molar-refractivity contribution >= 4 is 27.9 Å². The van der Waals surface area contributed by atoms with E-state index in [1.165, 1.54) is 12.3 Å². The molecule has 1 aliphatic rings. The number of benzene rings is 1. The number of nitrogens with two attached hydrogens (primary N) is 1. The van der Waals surface area contributed by atoms with Gasteiger partial charge in [0.1, 0.15) is 33.9 Å². The number of halogens is 3.